The van der Waals surface area contributed by atoms with Crippen molar-refractivity contribution in [1.82, 2.24) is 0 Å². The molecule has 0 heterocycles. The Morgan fingerprint density at radius 2 is 2.27 bits per heavy atom. The van der Waals surface area contributed by atoms with Crippen LogP contribution in [0.3, 0.4) is 0 Å². The van der Waals surface area contributed by atoms with Crippen molar-refractivity contribution in [3.63, 3.8) is 0 Å². The van der Waals surface area contributed by atoms with Crippen molar-refractivity contribution in [2.75, 3.05) is 6.54 Å². The lowest BCUT2D eigenvalue weighted by molar-refractivity contribution is -0.0170. The molecule has 0 amide bonds. The van der Waals surface area contributed by atoms with E-state index in [4.69, 9.17) is 5.73 Å². The van der Waals surface area contributed by atoms with Crippen molar-refractivity contribution in [3.8, 4) is 0 Å². The van der Waals surface area contributed by atoms with Crippen molar-refractivity contribution < 1.29 is 5.11 Å². The van der Waals surface area contributed by atoms with Crippen molar-refractivity contribution in [3.05, 3.63) is 0 Å². The van der Waals surface area contributed by atoms with Crippen LogP contribution in [0.2, 0.25) is 0 Å². The average Bonchev–Trinajstić information content (AvgIpc) is 2.25. The van der Waals surface area contributed by atoms with E-state index in [0.717, 1.165) is 38.0 Å². The zero-order valence-electron chi connectivity index (χ0n) is 10.3. The van der Waals surface area contributed by atoms with Gasteiger partial charge in [0.15, 0.2) is 0 Å². The summed E-state index contributed by atoms with van der Waals surface area (Å²) < 4.78 is 0. The highest BCUT2D eigenvalue weighted by Crippen LogP contribution is 2.42. The van der Waals surface area contributed by atoms with Crippen molar-refractivity contribution in [2.45, 2.75) is 64.9 Å². The fourth-order valence-electron chi connectivity index (χ4n) is 3.03. The SMILES string of the molecule is CCCCC(O)C1(CN)CCCC(C)C1. The fourth-order valence-corrected chi connectivity index (χ4v) is 3.03. The average molecular weight is 213 g/mol. The summed E-state index contributed by atoms with van der Waals surface area (Å²) in [5.41, 5.74) is 5.95. The van der Waals surface area contributed by atoms with Gasteiger partial charge >= 0.3 is 0 Å². The molecule has 3 N–H and O–H groups in total. The fraction of sp³-hybridized carbons (Fsp3) is 1.00. The molecular weight excluding hydrogens is 186 g/mol. The summed E-state index contributed by atoms with van der Waals surface area (Å²) >= 11 is 0. The van der Waals surface area contributed by atoms with Crippen molar-refractivity contribution in [1.29, 1.82) is 0 Å². The van der Waals surface area contributed by atoms with E-state index in [1.807, 2.05) is 0 Å². The summed E-state index contributed by atoms with van der Waals surface area (Å²) in [4.78, 5) is 0. The molecule has 0 aromatic carbocycles. The highest BCUT2D eigenvalue weighted by Gasteiger charge is 2.39. The molecule has 0 spiro atoms. The number of aliphatic hydroxyl groups is 1. The lowest BCUT2D eigenvalue weighted by Crippen LogP contribution is -2.45. The Labute approximate surface area is 94.2 Å². The smallest absolute Gasteiger partial charge is 0.0608 e. The minimum Gasteiger partial charge on any atom is -0.393 e. The van der Waals surface area contributed by atoms with Crippen LogP contribution in [0.1, 0.15) is 58.8 Å². The Hall–Kier alpha value is -0.0800. The summed E-state index contributed by atoms with van der Waals surface area (Å²) in [6.45, 7) is 5.11. The molecular formula is C13H27NO. The first-order chi connectivity index (χ1) is 7.14. The van der Waals surface area contributed by atoms with Gasteiger partial charge in [0.05, 0.1) is 6.10 Å². The Bertz CT molecular complexity index is 183. The highest BCUT2D eigenvalue weighted by molar-refractivity contribution is 4.91. The number of unbranched alkanes of at least 4 members (excludes halogenated alkanes) is 1. The van der Waals surface area contributed by atoms with E-state index in [1.54, 1.807) is 0 Å². The van der Waals surface area contributed by atoms with Crippen LogP contribution in [0.5, 0.6) is 0 Å². The number of hydrogen-bond acceptors (Lipinski definition) is 2. The van der Waals surface area contributed by atoms with Crippen molar-refractivity contribution >= 4 is 0 Å². The lowest BCUT2D eigenvalue weighted by Gasteiger charge is -2.43. The monoisotopic (exact) mass is 213 g/mol. The molecule has 90 valence electrons. The predicted octanol–water partition coefficient (Wildman–Crippen LogP) is 2.69. The third kappa shape index (κ3) is 3.18. The molecule has 0 aromatic heterocycles. The number of aliphatic hydroxyl groups excluding tert-OH is 1. The number of rotatable bonds is 5. The molecule has 0 bridgehead atoms. The molecule has 1 rings (SSSR count). The van der Waals surface area contributed by atoms with E-state index in [9.17, 15) is 5.11 Å². The molecule has 3 atom stereocenters. The van der Waals surface area contributed by atoms with Gasteiger partial charge in [0, 0.05) is 12.0 Å². The maximum atomic E-state index is 10.3. The van der Waals surface area contributed by atoms with E-state index in [0.29, 0.717) is 6.54 Å². The van der Waals surface area contributed by atoms with Gasteiger partial charge in [0.1, 0.15) is 0 Å². The van der Waals surface area contributed by atoms with Crippen LogP contribution < -0.4 is 5.73 Å². The van der Waals surface area contributed by atoms with Gasteiger partial charge in [-0.1, -0.05) is 39.5 Å². The normalized spacial score (nSPS) is 34.0. The van der Waals surface area contributed by atoms with Gasteiger partial charge in [-0.2, -0.15) is 0 Å². The summed E-state index contributed by atoms with van der Waals surface area (Å²) in [7, 11) is 0. The van der Waals surface area contributed by atoms with E-state index in [1.165, 1.54) is 12.8 Å². The predicted molar refractivity (Wildman–Crippen MR) is 64.7 cm³/mol. The maximum Gasteiger partial charge on any atom is 0.0608 e. The molecule has 3 unspecified atom stereocenters. The minimum absolute atomic E-state index is 0.0346. The summed E-state index contributed by atoms with van der Waals surface area (Å²) in [6.07, 6.45) is 7.83. The second kappa shape index (κ2) is 5.86. The van der Waals surface area contributed by atoms with Crippen LogP contribution in [0, 0.1) is 11.3 Å². The van der Waals surface area contributed by atoms with Gasteiger partial charge in [-0.25, -0.2) is 0 Å². The lowest BCUT2D eigenvalue weighted by atomic mass is 9.66. The van der Waals surface area contributed by atoms with Gasteiger partial charge in [-0.05, 0) is 25.2 Å². The second-order valence-corrected chi connectivity index (χ2v) is 5.43. The zero-order valence-corrected chi connectivity index (χ0v) is 10.3. The Balaban J connectivity index is 2.57. The van der Waals surface area contributed by atoms with Crippen LogP contribution in [-0.4, -0.2) is 17.8 Å². The molecule has 15 heavy (non-hydrogen) atoms. The van der Waals surface area contributed by atoms with Crippen LogP contribution in [0.15, 0.2) is 0 Å². The molecule has 0 aromatic rings. The molecule has 1 fully saturated rings. The van der Waals surface area contributed by atoms with Crippen LogP contribution >= 0.6 is 0 Å². The quantitative estimate of drug-likeness (QED) is 0.737. The topological polar surface area (TPSA) is 46.2 Å². The van der Waals surface area contributed by atoms with Gasteiger partial charge in [0.2, 0.25) is 0 Å². The van der Waals surface area contributed by atoms with Gasteiger partial charge in [-0.3, -0.25) is 0 Å². The maximum absolute atomic E-state index is 10.3. The minimum atomic E-state index is -0.176. The molecule has 2 heteroatoms. The standard InChI is InChI=1S/C13H27NO/c1-3-4-7-12(15)13(10-14)8-5-6-11(2)9-13/h11-12,15H,3-10,14H2,1-2H3. The molecule has 1 aliphatic rings. The van der Waals surface area contributed by atoms with Gasteiger partial charge < -0.3 is 10.8 Å². The van der Waals surface area contributed by atoms with Crippen LogP contribution in [0.4, 0.5) is 0 Å². The van der Waals surface area contributed by atoms with Crippen LogP contribution in [-0.2, 0) is 0 Å². The molecule has 1 aliphatic carbocycles. The van der Waals surface area contributed by atoms with Gasteiger partial charge in [0.25, 0.3) is 0 Å². The Kier molecular flexibility index (Phi) is 5.07. The highest BCUT2D eigenvalue weighted by atomic mass is 16.3. The Morgan fingerprint density at radius 3 is 2.80 bits per heavy atom. The number of hydrogen-bond donors (Lipinski definition) is 2. The first kappa shape index (κ1) is 13.0. The molecule has 0 radical (unpaired) electrons. The second-order valence-electron chi connectivity index (χ2n) is 5.43. The summed E-state index contributed by atoms with van der Waals surface area (Å²) in [5, 5.41) is 10.3. The van der Waals surface area contributed by atoms with Crippen LogP contribution in [0.25, 0.3) is 0 Å². The van der Waals surface area contributed by atoms with E-state index < -0.39 is 0 Å². The Morgan fingerprint density at radius 1 is 1.53 bits per heavy atom. The first-order valence-corrected chi connectivity index (χ1v) is 6.52. The summed E-state index contributed by atoms with van der Waals surface area (Å²) in [6, 6.07) is 0. The van der Waals surface area contributed by atoms with E-state index in [-0.39, 0.29) is 11.5 Å². The largest absolute Gasteiger partial charge is 0.393 e. The third-order valence-corrected chi connectivity index (χ3v) is 4.07. The zero-order chi connectivity index (χ0) is 11.3. The van der Waals surface area contributed by atoms with E-state index in [2.05, 4.69) is 13.8 Å². The third-order valence-electron chi connectivity index (χ3n) is 4.07. The molecule has 0 aliphatic heterocycles. The molecule has 0 saturated heterocycles. The van der Waals surface area contributed by atoms with Gasteiger partial charge in [-0.15, -0.1) is 0 Å². The molecule has 1 saturated carbocycles. The van der Waals surface area contributed by atoms with Crippen molar-refractivity contribution in [2.24, 2.45) is 17.1 Å². The molecule has 2 nitrogen and oxygen atoms in total. The summed E-state index contributed by atoms with van der Waals surface area (Å²) in [5.74, 6) is 0.735. The number of nitrogens with two attached hydrogens (primary N) is 1. The van der Waals surface area contributed by atoms with E-state index >= 15 is 0 Å². The first-order valence-electron chi connectivity index (χ1n) is 6.52.